The standard InChI is InChI=1S/C20H26FNO2/c1-16(2)22(12-17-8-10-19(21)11-9-17)13-20(23)15-24-14-18-6-4-3-5-7-18/h3-11,16,20,23H,12-15H2,1-2H3/t20-/m0/s1. The van der Waals surface area contributed by atoms with E-state index >= 15 is 0 Å². The molecule has 0 spiro atoms. The van der Waals surface area contributed by atoms with Gasteiger partial charge in [-0.05, 0) is 37.1 Å². The zero-order valence-corrected chi connectivity index (χ0v) is 14.4. The Morgan fingerprint density at radius 2 is 1.67 bits per heavy atom. The molecular weight excluding hydrogens is 305 g/mol. The summed E-state index contributed by atoms with van der Waals surface area (Å²) >= 11 is 0. The third-order valence-corrected chi connectivity index (χ3v) is 3.90. The van der Waals surface area contributed by atoms with Gasteiger partial charge in [0.05, 0.1) is 19.3 Å². The lowest BCUT2D eigenvalue weighted by Gasteiger charge is -2.28. The highest BCUT2D eigenvalue weighted by Gasteiger charge is 2.15. The lowest BCUT2D eigenvalue weighted by atomic mass is 10.1. The maximum atomic E-state index is 13.0. The minimum absolute atomic E-state index is 0.232. The summed E-state index contributed by atoms with van der Waals surface area (Å²) in [6.45, 7) is 6.15. The molecule has 2 rings (SSSR count). The summed E-state index contributed by atoms with van der Waals surface area (Å²) in [7, 11) is 0. The summed E-state index contributed by atoms with van der Waals surface area (Å²) in [6.07, 6.45) is -0.559. The highest BCUT2D eigenvalue weighted by molar-refractivity contribution is 5.16. The Morgan fingerprint density at radius 3 is 2.29 bits per heavy atom. The molecule has 0 heterocycles. The fraction of sp³-hybridized carbons (Fsp3) is 0.400. The van der Waals surface area contributed by atoms with E-state index in [9.17, 15) is 9.50 Å². The Balaban J connectivity index is 1.79. The maximum Gasteiger partial charge on any atom is 0.123 e. The van der Waals surface area contributed by atoms with E-state index in [-0.39, 0.29) is 11.9 Å². The quantitative estimate of drug-likeness (QED) is 0.762. The van der Waals surface area contributed by atoms with Crippen LogP contribution in [0.4, 0.5) is 4.39 Å². The first-order valence-corrected chi connectivity index (χ1v) is 8.33. The summed E-state index contributed by atoms with van der Waals surface area (Å²) in [5.74, 6) is -0.232. The van der Waals surface area contributed by atoms with Crippen LogP contribution in [0.3, 0.4) is 0 Å². The number of aliphatic hydroxyl groups is 1. The van der Waals surface area contributed by atoms with Crippen LogP contribution in [0.15, 0.2) is 54.6 Å². The van der Waals surface area contributed by atoms with Gasteiger partial charge >= 0.3 is 0 Å². The Hall–Kier alpha value is -1.75. The van der Waals surface area contributed by atoms with Crippen LogP contribution in [-0.4, -0.2) is 35.3 Å². The topological polar surface area (TPSA) is 32.7 Å². The molecule has 0 saturated carbocycles. The van der Waals surface area contributed by atoms with E-state index < -0.39 is 6.10 Å². The van der Waals surface area contributed by atoms with Crippen LogP contribution < -0.4 is 0 Å². The molecule has 0 saturated heterocycles. The monoisotopic (exact) mass is 331 g/mol. The predicted molar refractivity (Wildman–Crippen MR) is 94.1 cm³/mol. The van der Waals surface area contributed by atoms with Crippen LogP contribution in [0, 0.1) is 5.82 Å². The molecule has 0 amide bonds. The summed E-state index contributed by atoms with van der Waals surface area (Å²) in [5.41, 5.74) is 2.12. The van der Waals surface area contributed by atoms with Crippen LogP contribution in [-0.2, 0) is 17.9 Å². The van der Waals surface area contributed by atoms with Crippen LogP contribution in [0.5, 0.6) is 0 Å². The largest absolute Gasteiger partial charge is 0.389 e. The van der Waals surface area contributed by atoms with Gasteiger partial charge in [-0.15, -0.1) is 0 Å². The first-order chi connectivity index (χ1) is 11.5. The molecule has 0 aliphatic carbocycles. The number of aliphatic hydroxyl groups excluding tert-OH is 1. The van der Waals surface area contributed by atoms with Crippen molar-refractivity contribution in [3.63, 3.8) is 0 Å². The van der Waals surface area contributed by atoms with Crippen molar-refractivity contribution < 1.29 is 14.2 Å². The minimum atomic E-state index is -0.559. The zero-order chi connectivity index (χ0) is 17.4. The highest BCUT2D eigenvalue weighted by Crippen LogP contribution is 2.11. The second-order valence-electron chi connectivity index (χ2n) is 6.30. The molecule has 0 aliphatic rings. The van der Waals surface area contributed by atoms with Crippen molar-refractivity contribution in [2.24, 2.45) is 0 Å². The van der Waals surface area contributed by atoms with Gasteiger partial charge < -0.3 is 9.84 Å². The average Bonchev–Trinajstić information content (AvgIpc) is 2.57. The van der Waals surface area contributed by atoms with E-state index in [1.54, 1.807) is 12.1 Å². The Kier molecular flexibility index (Phi) is 7.37. The molecule has 0 unspecified atom stereocenters. The minimum Gasteiger partial charge on any atom is -0.389 e. The lowest BCUT2D eigenvalue weighted by molar-refractivity contribution is 0.00314. The molecule has 0 radical (unpaired) electrons. The molecule has 0 aromatic heterocycles. The van der Waals surface area contributed by atoms with Crippen LogP contribution >= 0.6 is 0 Å². The SMILES string of the molecule is CC(C)N(Cc1ccc(F)cc1)C[C@H](O)COCc1ccccc1. The fourth-order valence-electron chi connectivity index (χ4n) is 2.49. The average molecular weight is 331 g/mol. The Labute approximate surface area is 143 Å². The van der Waals surface area contributed by atoms with Crippen LogP contribution in [0.2, 0.25) is 0 Å². The Bertz CT molecular complexity index is 586. The van der Waals surface area contributed by atoms with E-state index in [0.717, 1.165) is 11.1 Å². The molecule has 130 valence electrons. The van der Waals surface area contributed by atoms with Gasteiger partial charge in [0.2, 0.25) is 0 Å². The number of halogens is 1. The number of ether oxygens (including phenoxy) is 1. The van der Waals surface area contributed by atoms with Gasteiger partial charge in [-0.3, -0.25) is 4.90 Å². The molecule has 2 aromatic rings. The molecule has 1 N–H and O–H groups in total. The predicted octanol–water partition coefficient (Wildman–Crippen LogP) is 3.61. The van der Waals surface area contributed by atoms with E-state index in [1.807, 2.05) is 30.3 Å². The van der Waals surface area contributed by atoms with Crippen molar-refractivity contribution in [3.05, 3.63) is 71.5 Å². The van der Waals surface area contributed by atoms with Crippen molar-refractivity contribution in [3.8, 4) is 0 Å². The summed E-state index contributed by atoms with van der Waals surface area (Å²) in [5, 5.41) is 10.2. The second kappa shape index (κ2) is 9.52. The zero-order valence-electron chi connectivity index (χ0n) is 14.4. The fourth-order valence-corrected chi connectivity index (χ4v) is 2.49. The van der Waals surface area contributed by atoms with Crippen molar-refractivity contribution in [2.45, 2.75) is 39.1 Å². The van der Waals surface area contributed by atoms with E-state index in [1.165, 1.54) is 12.1 Å². The van der Waals surface area contributed by atoms with Gasteiger partial charge in [-0.2, -0.15) is 0 Å². The van der Waals surface area contributed by atoms with Crippen LogP contribution in [0.25, 0.3) is 0 Å². The Morgan fingerprint density at radius 1 is 1.00 bits per heavy atom. The first kappa shape index (κ1) is 18.6. The van der Waals surface area contributed by atoms with Gasteiger partial charge in [-0.1, -0.05) is 42.5 Å². The molecule has 3 nitrogen and oxygen atoms in total. The number of benzene rings is 2. The van der Waals surface area contributed by atoms with E-state index in [4.69, 9.17) is 4.74 Å². The van der Waals surface area contributed by atoms with E-state index in [0.29, 0.717) is 26.3 Å². The normalized spacial score (nSPS) is 12.8. The van der Waals surface area contributed by atoms with E-state index in [2.05, 4.69) is 18.7 Å². The molecule has 1 atom stereocenters. The maximum absolute atomic E-state index is 13.0. The van der Waals surface area contributed by atoms with Gasteiger partial charge in [0.25, 0.3) is 0 Å². The molecule has 2 aromatic carbocycles. The molecule has 24 heavy (non-hydrogen) atoms. The van der Waals surface area contributed by atoms with Crippen molar-refractivity contribution >= 4 is 0 Å². The lowest BCUT2D eigenvalue weighted by Crippen LogP contribution is -2.38. The number of rotatable bonds is 9. The number of hydrogen-bond donors (Lipinski definition) is 1. The summed E-state index contributed by atoms with van der Waals surface area (Å²) in [6, 6.07) is 16.7. The molecular formula is C20H26FNO2. The summed E-state index contributed by atoms with van der Waals surface area (Å²) in [4.78, 5) is 2.16. The molecule has 4 heteroatoms. The second-order valence-corrected chi connectivity index (χ2v) is 6.30. The highest BCUT2D eigenvalue weighted by atomic mass is 19.1. The van der Waals surface area contributed by atoms with Gasteiger partial charge in [0.1, 0.15) is 5.82 Å². The van der Waals surface area contributed by atoms with Crippen molar-refractivity contribution in [1.82, 2.24) is 4.90 Å². The van der Waals surface area contributed by atoms with Gasteiger partial charge in [0.15, 0.2) is 0 Å². The van der Waals surface area contributed by atoms with Gasteiger partial charge in [0, 0.05) is 19.1 Å². The third-order valence-electron chi connectivity index (χ3n) is 3.90. The van der Waals surface area contributed by atoms with Crippen molar-refractivity contribution in [1.29, 1.82) is 0 Å². The smallest absolute Gasteiger partial charge is 0.123 e. The van der Waals surface area contributed by atoms with Crippen molar-refractivity contribution in [2.75, 3.05) is 13.2 Å². The number of hydrogen-bond acceptors (Lipinski definition) is 3. The third kappa shape index (κ3) is 6.40. The first-order valence-electron chi connectivity index (χ1n) is 8.33. The molecule has 0 bridgehead atoms. The number of nitrogens with zero attached hydrogens (tertiary/aromatic N) is 1. The van der Waals surface area contributed by atoms with Crippen LogP contribution in [0.1, 0.15) is 25.0 Å². The molecule has 0 fully saturated rings. The van der Waals surface area contributed by atoms with Gasteiger partial charge in [-0.25, -0.2) is 4.39 Å². The summed E-state index contributed by atoms with van der Waals surface area (Å²) < 4.78 is 18.6. The molecule has 0 aliphatic heterocycles.